The number of hydrogen-bond donors (Lipinski definition) is 4. The van der Waals surface area contributed by atoms with E-state index in [4.69, 9.17) is 4.74 Å². The quantitative estimate of drug-likeness (QED) is 0.390. The molecule has 2 atom stereocenters. The molecule has 0 bridgehead atoms. The lowest BCUT2D eigenvalue weighted by molar-refractivity contribution is -0.136. The minimum absolute atomic E-state index is 0.0341. The van der Waals surface area contributed by atoms with Crippen molar-refractivity contribution in [3.05, 3.63) is 11.8 Å². The lowest BCUT2D eigenvalue weighted by Gasteiger charge is -2.30. The first-order chi connectivity index (χ1) is 12.8. The summed E-state index contributed by atoms with van der Waals surface area (Å²) in [5.74, 6) is -1.32. The molecule has 27 heavy (non-hydrogen) atoms. The van der Waals surface area contributed by atoms with Crippen molar-refractivity contribution in [2.75, 3.05) is 18.5 Å². The highest BCUT2D eigenvalue weighted by molar-refractivity contribution is 6.39. The molecule has 4 N–H and O–H groups in total. The van der Waals surface area contributed by atoms with Crippen LogP contribution in [-0.4, -0.2) is 52.8 Å². The van der Waals surface area contributed by atoms with E-state index in [-0.39, 0.29) is 18.1 Å². The second kappa shape index (κ2) is 9.47. The summed E-state index contributed by atoms with van der Waals surface area (Å²) in [5, 5.41) is 15.3. The number of carbonyl (C=O) groups is 3. The van der Waals surface area contributed by atoms with E-state index in [2.05, 4.69) is 26.4 Å². The summed E-state index contributed by atoms with van der Waals surface area (Å²) in [5.41, 5.74) is 0.644. The van der Waals surface area contributed by atoms with Gasteiger partial charge in [-0.15, -0.1) is 0 Å². The highest BCUT2D eigenvalue weighted by Crippen LogP contribution is 2.17. The maximum absolute atomic E-state index is 12.2. The summed E-state index contributed by atoms with van der Waals surface area (Å²) >= 11 is 0. The molecule has 10 nitrogen and oxygen atoms in total. The minimum Gasteiger partial charge on any atom is -0.379 e. The monoisotopic (exact) mass is 380 g/mol. The Morgan fingerprint density at radius 1 is 1.41 bits per heavy atom. The van der Waals surface area contributed by atoms with Crippen LogP contribution in [0.2, 0.25) is 0 Å². The van der Waals surface area contributed by atoms with E-state index < -0.39 is 18.1 Å². The predicted octanol–water partition coefficient (Wildman–Crippen LogP) is 0.0154. The summed E-state index contributed by atoms with van der Waals surface area (Å²) in [6.07, 6.45) is 0.511. The van der Waals surface area contributed by atoms with Gasteiger partial charge in [0.25, 0.3) is 0 Å². The van der Waals surface area contributed by atoms with E-state index in [9.17, 15) is 14.4 Å². The van der Waals surface area contributed by atoms with Gasteiger partial charge >= 0.3 is 11.8 Å². The van der Waals surface area contributed by atoms with Crippen LogP contribution in [0.1, 0.15) is 45.6 Å². The summed E-state index contributed by atoms with van der Waals surface area (Å²) in [6, 6.07) is 1.60. The first-order valence-electron chi connectivity index (χ1n) is 9.08. The summed E-state index contributed by atoms with van der Waals surface area (Å²) in [6.45, 7) is 8.36. The van der Waals surface area contributed by atoms with Gasteiger partial charge in [0.15, 0.2) is 6.29 Å². The third-order valence-electron chi connectivity index (χ3n) is 3.84. The number of nitrogens with zero attached hydrogens (tertiary/aromatic N) is 2. The van der Waals surface area contributed by atoms with Crippen molar-refractivity contribution < 1.29 is 19.1 Å². The minimum atomic E-state index is -0.795. The molecule has 0 aliphatic carbocycles. The fourth-order valence-electron chi connectivity index (χ4n) is 2.64. The van der Waals surface area contributed by atoms with Crippen molar-refractivity contribution in [1.29, 1.82) is 0 Å². The average Bonchev–Trinajstić information content (AvgIpc) is 2.93. The molecule has 10 heteroatoms. The standard InChI is InChI=1S/C17H28N6O4/c1-10(2)27-7-5-6-18-15(25)16(26)20-13-8-12(4)22-23(13)17-19-11(3)9-14(24)21-17/h8,10-11,17,19H,5-7,9H2,1-4H3,(H,18,25)(H,20,26)(H,21,24). The van der Waals surface area contributed by atoms with Crippen LogP contribution >= 0.6 is 0 Å². The van der Waals surface area contributed by atoms with Crippen molar-refractivity contribution in [2.24, 2.45) is 0 Å². The van der Waals surface area contributed by atoms with Gasteiger partial charge in [0.05, 0.1) is 11.8 Å². The number of rotatable bonds is 7. The van der Waals surface area contributed by atoms with Crippen molar-refractivity contribution in [1.82, 2.24) is 25.7 Å². The van der Waals surface area contributed by atoms with E-state index in [1.54, 1.807) is 13.0 Å². The van der Waals surface area contributed by atoms with E-state index >= 15 is 0 Å². The molecule has 2 heterocycles. The lowest BCUT2D eigenvalue weighted by atomic mass is 10.2. The van der Waals surface area contributed by atoms with Crippen LogP contribution in [0.5, 0.6) is 0 Å². The van der Waals surface area contributed by atoms with Gasteiger partial charge in [0, 0.05) is 31.7 Å². The van der Waals surface area contributed by atoms with Crippen LogP contribution in [0, 0.1) is 6.92 Å². The SMILES string of the molecule is Cc1cc(NC(=O)C(=O)NCCCOC(C)C)n(C2NC(=O)CC(C)N2)n1. The van der Waals surface area contributed by atoms with Crippen molar-refractivity contribution in [2.45, 2.75) is 59.0 Å². The van der Waals surface area contributed by atoms with Crippen LogP contribution in [0.4, 0.5) is 5.82 Å². The van der Waals surface area contributed by atoms with Gasteiger partial charge < -0.3 is 20.7 Å². The van der Waals surface area contributed by atoms with Crippen LogP contribution < -0.4 is 21.3 Å². The fraction of sp³-hybridized carbons (Fsp3) is 0.647. The molecule has 3 amide bonds. The smallest absolute Gasteiger partial charge is 0.314 e. The molecule has 0 spiro atoms. The van der Waals surface area contributed by atoms with E-state index in [1.165, 1.54) is 4.68 Å². The number of hydrogen-bond acceptors (Lipinski definition) is 6. The zero-order valence-electron chi connectivity index (χ0n) is 16.2. The topological polar surface area (TPSA) is 126 Å². The normalized spacial score (nSPS) is 19.7. The third-order valence-corrected chi connectivity index (χ3v) is 3.84. The Bertz CT molecular complexity index is 687. The van der Waals surface area contributed by atoms with Crippen LogP contribution in [0.3, 0.4) is 0 Å². The number of amides is 3. The Morgan fingerprint density at radius 2 is 2.15 bits per heavy atom. The molecular weight excluding hydrogens is 352 g/mol. The Balaban J connectivity index is 1.92. The second-order valence-corrected chi connectivity index (χ2v) is 6.84. The number of carbonyl (C=O) groups excluding carboxylic acids is 3. The van der Waals surface area contributed by atoms with Gasteiger partial charge in [-0.3, -0.25) is 19.7 Å². The van der Waals surface area contributed by atoms with Crippen LogP contribution in [-0.2, 0) is 19.1 Å². The third kappa shape index (κ3) is 6.33. The molecule has 1 saturated heterocycles. The number of ether oxygens (including phenoxy) is 1. The Morgan fingerprint density at radius 3 is 2.81 bits per heavy atom. The molecule has 1 aromatic heterocycles. The molecular formula is C17H28N6O4. The molecule has 1 aliphatic heterocycles. The van der Waals surface area contributed by atoms with Crippen LogP contribution in [0.15, 0.2) is 6.07 Å². The average molecular weight is 380 g/mol. The predicted molar refractivity (Wildman–Crippen MR) is 98.7 cm³/mol. The molecule has 0 saturated carbocycles. The highest BCUT2D eigenvalue weighted by Gasteiger charge is 2.27. The second-order valence-electron chi connectivity index (χ2n) is 6.84. The molecule has 2 rings (SSSR count). The number of nitrogens with one attached hydrogen (secondary N) is 4. The lowest BCUT2D eigenvalue weighted by Crippen LogP contribution is -2.52. The zero-order chi connectivity index (χ0) is 20.0. The van der Waals surface area contributed by atoms with Gasteiger partial charge in [0.1, 0.15) is 5.82 Å². The molecule has 0 aromatic carbocycles. The maximum atomic E-state index is 12.2. The summed E-state index contributed by atoms with van der Waals surface area (Å²) in [4.78, 5) is 35.9. The number of anilines is 1. The highest BCUT2D eigenvalue weighted by atomic mass is 16.5. The molecule has 0 radical (unpaired) electrons. The van der Waals surface area contributed by atoms with Crippen molar-refractivity contribution in [3.8, 4) is 0 Å². The van der Waals surface area contributed by atoms with Gasteiger partial charge in [-0.1, -0.05) is 0 Å². The first kappa shape index (κ1) is 20.8. The largest absolute Gasteiger partial charge is 0.379 e. The molecule has 2 unspecified atom stereocenters. The molecule has 150 valence electrons. The number of aryl methyl sites for hydroxylation is 1. The van der Waals surface area contributed by atoms with Crippen molar-refractivity contribution >= 4 is 23.5 Å². The van der Waals surface area contributed by atoms with Gasteiger partial charge in [-0.2, -0.15) is 5.10 Å². The van der Waals surface area contributed by atoms with Gasteiger partial charge in [-0.05, 0) is 34.1 Å². The summed E-state index contributed by atoms with van der Waals surface area (Å²) in [7, 11) is 0. The van der Waals surface area contributed by atoms with Gasteiger partial charge in [0.2, 0.25) is 5.91 Å². The Hall–Kier alpha value is -2.46. The van der Waals surface area contributed by atoms with E-state index in [0.717, 1.165) is 0 Å². The molecule has 1 fully saturated rings. The van der Waals surface area contributed by atoms with E-state index in [1.807, 2.05) is 20.8 Å². The van der Waals surface area contributed by atoms with Gasteiger partial charge in [-0.25, -0.2) is 4.68 Å². The molecule has 1 aliphatic rings. The summed E-state index contributed by atoms with van der Waals surface area (Å²) < 4.78 is 6.83. The fourth-order valence-corrected chi connectivity index (χ4v) is 2.64. The molecule has 1 aromatic rings. The Kier molecular flexibility index (Phi) is 7.31. The zero-order valence-corrected chi connectivity index (χ0v) is 16.2. The van der Waals surface area contributed by atoms with E-state index in [0.29, 0.717) is 37.5 Å². The number of aromatic nitrogens is 2. The Labute approximate surface area is 158 Å². The maximum Gasteiger partial charge on any atom is 0.314 e. The van der Waals surface area contributed by atoms with Crippen molar-refractivity contribution in [3.63, 3.8) is 0 Å². The first-order valence-corrected chi connectivity index (χ1v) is 9.08. The van der Waals surface area contributed by atoms with Crippen LogP contribution in [0.25, 0.3) is 0 Å².